The van der Waals surface area contributed by atoms with Gasteiger partial charge in [-0.15, -0.1) is 0 Å². The minimum atomic E-state index is -0.864. The van der Waals surface area contributed by atoms with E-state index in [1.165, 1.54) is 6.92 Å². The fourth-order valence-corrected chi connectivity index (χ4v) is 5.20. The highest BCUT2D eigenvalue weighted by atomic mass is 32.1. The second-order valence-corrected chi connectivity index (χ2v) is 10.4. The molecule has 38 heavy (non-hydrogen) atoms. The number of rotatable bonds is 14. The van der Waals surface area contributed by atoms with Crippen LogP contribution in [-0.2, 0) is 6.61 Å². The monoisotopic (exact) mass is 553 g/mol. The summed E-state index contributed by atoms with van der Waals surface area (Å²) in [7, 11) is 0. The van der Waals surface area contributed by atoms with Crippen molar-refractivity contribution in [3.8, 4) is 5.88 Å². The minimum Gasteiger partial charge on any atom is -0.471 e. The molecule has 1 aliphatic rings. The van der Waals surface area contributed by atoms with Crippen LogP contribution < -0.4 is 21.1 Å². The molecular weight excluding hydrogens is 516 g/mol. The second-order valence-electron chi connectivity index (χ2n) is 9.63. The normalized spacial score (nSPS) is 14.4. The molecular formula is C26H37F2N5O4S. The van der Waals surface area contributed by atoms with E-state index in [-0.39, 0.29) is 40.8 Å². The molecule has 1 aromatic carbocycles. The molecule has 3 amide bonds. The van der Waals surface area contributed by atoms with Crippen molar-refractivity contribution in [3.05, 3.63) is 40.5 Å². The third kappa shape index (κ3) is 8.88. The molecule has 0 atom stereocenters. The number of carbonyl (C=O) groups is 2. The van der Waals surface area contributed by atoms with Gasteiger partial charge in [-0.05, 0) is 93.8 Å². The van der Waals surface area contributed by atoms with Crippen LogP contribution in [0.4, 0.5) is 18.6 Å². The summed E-state index contributed by atoms with van der Waals surface area (Å²) in [6.07, 6.45) is 7.24. The van der Waals surface area contributed by atoms with Crippen molar-refractivity contribution >= 4 is 28.5 Å². The number of carbonyl (C=O) groups excluding carboxylic acids is 2. The van der Waals surface area contributed by atoms with Crippen LogP contribution in [0.25, 0.3) is 0 Å². The van der Waals surface area contributed by atoms with Gasteiger partial charge in [0.05, 0.1) is 0 Å². The molecule has 9 nitrogen and oxygen atoms in total. The van der Waals surface area contributed by atoms with Crippen LogP contribution in [0.1, 0.15) is 66.4 Å². The fraction of sp³-hybridized carbons (Fsp3) is 0.577. The van der Waals surface area contributed by atoms with Gasteiger partial charge >= 0.3 is 6.03 Å². The second kappa shape index (κ2) is 14.9. The summed E-state index contributed by atoms with van der Waals surface area (Å²) in [6.45, 7) is 5.13. The average molecular weight is 554 g/mol. The van der Waals surface area contributed by atoms with Crippen molar-refractivity contribution in [2.45, 2.75) is 58.5 Å². The molecule has 1 aromatic heterocycles. The summed E-state index contributed by atoms with van der Waals surface area (Å²) in [5.41, 5.74) is 5.45. The van der Waals surface area contributed by atoms with Crippen LogP contribution in [0.15, 0.2) is 12.1 Å². The Morgan fingerprint density at radius 2 is 1.92 bits per heavy atom. The molecule has 0 bridgehead atoms. The maximum absolute atomic E-state index is 14.1. The zero-order valence-corrected chi connectivity index (χ0v) is 22.5. The third-order valence-electron chi connectivity index (χ3n) is 6.76. The van der Waals surface area contributed by atoms with Crippen molar-refractivity contribution in [2.24, 2.45) is 11.7 Å². The summed E-state index contributed by atoms with van der Waals surface area (Å²) in [5.74, 6) is -1.58. The molecule has 0 radical (unpaired) electrons. The Labute approximate surface area is 225 Å². The summed E-state index contributed by atoms with van der Waals surface area (Å²) in [6, 6.07) is 1.59. The number of urea groups is 1. The highest BCUT2D eigenvalue weighted by Gasteiger charge is 2.23. The van der Waals surface area contributed by atoms with Crippen molar-refractivity contribution in [1.82, 2.24) is 14.6 Å². The van der Waals surface area contributed by atoms with E-state index in [4.69, 9.17) is 15.6 Å². The first-order valence-electron chi connectivity index (χ1n) is 13.0. The number of aliphatic hydroxyl groups is 1. The lowest BCUT2D eigenvalue weighted by Gasteiger charge is -2.31. The van der Waals surface area contributed by atoms with Gasteiger partial charge in [0.15, 0.2) is 0 Å². The quantitative estimate of drug-likeness (QED) is 0.260. The molecule has 12 heteroatoms. The standard InChI is InChI=1S/C26H37F2N5O4S/c1-17-14-21(28)19(15-20(17)27)16-37-24-22(23(29)35)25(38-32-24)31-26(36)30-9-4-2-3-5-10-33-11-6-18(7-12-33)8-13-34/h14-15,18,34H,2-13,16H2,1H3,(H2,29,35)(H2,30,31,36). The van der Waals surface area contributed by atoms with E-state index in [1.54, 1.807) is 0 Å². The number of aromatic nitrogens is 1. The van der Waals surface area contributed by atoms with Crippen molar-refractivity contribution in [2.75, 3.05) is 38.1 Å². The summed E-state index contributed by atoms with van der Waals surface area (Å²) < 4.78 is 37.3. The summed E-state index contributed by atoms with van der Waals surface area (Å²) in [4.78, 5) is 26.8. The molecule has 1 fully saturated rings. The van der Waals surface area contributed by atoms with Crippen LogP contribution >= 0.6 is 11.5 Å². The molecule has 2 aromatic rings. The number of hydrogen-bond donors (Lipinski definition) is 4. The van der Waals surface area contributed by atoms with E-state index in [9.17, 15) is 18.4 Å². The number of amides is 3. The van der Waals surface area contributed by atoms with Gasteiger partial charge in [0.25, 0.3) is 5.91 Å². The number of primary amides is 1. The van der Waals surface area contributed by atoms with Crippen LogP contribution in [0.5, 0.6) is 5.88 Å². The van der Waals surface area contributed by atoms with E-state index < -0.39 is 23.6 Å². The molecule has 0 saturated carbocycles. The number of anilines is 1. The van der Waals surface area contributed by atoms with Gasteiger partial charge in [0.1, 0.15) is 28.8 Å². The number of halogens is 2. The van der Waals surface area contributed by atoms with Crippen LogP contribution in [0.2, 0.25) is 0 Å². The maximum atomic E-state index is 14.1. The zero-order valence-electron chi connectivity index (χ0n) is 21.7. The van der Waals surface area contributed by atoms with E-state index >= 15 is 0 Å². The van der Waals surface area contributed by atoms with Crippen molar-refractivity contribution < 1.29 is 28.2 Å². The number of aliphatic hydroxyl groups excluding tert-OH is 1. The number of benzene rings is 1. The molecule has 3 rings (SSSR count). The number of ether oxygens (including phenoxy) is 1. The molecule has 0 unspecified atom stereocenters. The first-order chi connectivity index (χ1) is 18.3. The van der Waals surface area contributed by atoms with Gasteiger partial charge in [-0.1, -0.05) is 12.8 Å². The molecule has 1 aliphatic heterocycles. The Balaban J connectivity index is 1.36. The van der Waals surface area contributed by atoms with Gasteiger partial charge < -0.3 is 25.8 Å². The van der Waals surface area contributed by atoms with E-state index in [0.717, 1.165) is 88.2 Å². The van der Waals surface area contributed by atoms with Gasteiger partial charge in [0, 0.05) is 18.7 Å². The van der Waals surface area contributed by atoms with Crippen LogP contribution in [0, 0.1) is 24.5 Å². The number of piperidine rings is 1. The number of nitrogens with zero attached hydrogens (tertiary/aromatic N) is 2. The number of nitrogens with one attached hydrogen (secondary N) is 2. The third-order valence-corrected chi connectivity index (χ3v) is 7.50. The Morgan fingerprint density at radius 3 is 2.63 bits per heavy atom. The molecule has 0 aliphatic carbocycles. The SMILES string of the molecule is Cc1cc(F)c(COc2nsc(NC(=O)NCCCCCCN3CCC(CCO)CC3)c2C(N)=O)cc1F. The number of nitrogens with two attached hydrogens (primary N) is 1. The minimum absolute atomic E-state index is 0.0358. The Hall–Kier alpha value is -2.83. The number of likely N-dealkylation sites (tertiary alicyclic amines) is 1. The van der Waals surface area contributed by atoms with E-state index in [2.05, 4.69) is 19.9 Å². The number of unbranched alkanes of at least 4 members (excludes halogenated alkanes) is 3. The number of aryl methyl sites for hydroxylation is 1. The predicted molar refractivity (Wildman–Crippen MR) is 142 cm³/mol. The predicted octanol–water partition coefficient (Wildman–Crippen LogP) is 4.18. The van der Waals surface area contributed by atoms with Gasteiger partial charge in [0.2, 0.25) is 5.88 Å². The Kier molecular flexibility index (Phi) is 11.7. The first-order valence-corrected chi connectivity index (χ1v) is 13.8. The largest absolute Gasteiger partial charge is 0.471 e. The lowest BCUT2D eigenvalue weighted by molar-refractivity contribution is 0.0996. The van der Waals surface area contributed by atoms with Gasteiger partial charge in [-0.2, -0.15) is 4.37 Å². The van der Waals surface area contributed by atoms with Gasteiger partial charge in [-0.25, -0.2) is 13.6 Å². The van der Waals surface area contributed by atoms with Crippen LogP contribution in [-0.4, -0.2) is 59.1 Å². The molecule has 210 valence electrons. The molecule has 0 spiro atoms. The van der Waals surface area contributed by atoms with Crippen molar-refractivity contribution in [3.63, 3.8) is 0 Å². The van der Waals surface area contributed by atoms with Crippen molar-refractivity contribution in [1.29, 1.82) is 0 Å². The highest BCUT2D eigenvalue weighted by molar-refractivity contribution is 7.11. The topological polar surface area (TPSA) is 130 Å². The maximum Gasteiger partial charge on any atom is 0.319 e. The Morgan fingerprint density at radius 1 is 1.18 bits per heavy atom. The average Bonchev–Trinajstić information content (AvgIpc) is 3.28. The molecule has 1 saturated heterocycles. The van der Waals surface area contributed by atoms with E-state index in [1.807, 2.05) is 0 Å². The van der Waals surface area contributed by atoms with Crippen LogP contribution in [0.3, 0.4) is 0 Å². The van der Waals surface area contributed by atoms with E-state index in [0.29, 0.717) is 12.5 Å². The highest BCUT2D eigenvalue weighted by Crippen LogP contribution is 2.31. The summed E-state index contributed by atoms with van der Waals surface area (Å²) in [5, 5.41) is 14.5. The lowest BCUT2D eigenvalue weighted by atomic mass is 9.94. The number of hydrogen-bond acceptors (Lipinski definition) is 7. The molecule has 2 heterocycles. The molecule has 5 N–H and O–H groups in total. The Bertz CT molecular complexity index is 1080. The fourth-order valence-electron chi connectivity index (χ4n) is 4.47. The lowest BCUT2D eigenvalue weighted by Crippen LogP contribution is -2.34. The zero-order chi connectivity index (χ0) is 27.5. The first kappa shape index (κ1) is 29.7. The summed E-state index contributed by atoms with van der Waals surface area (Å²) >= 11 is 0.812. The smallest absolute Gasteiger partial charge is 0.319 e. The van der Waals surface area contributed by atoms with Gasteiger partial charge in [-0.3, -0.25) is 10.1 Å².